The molecule has 2 aliphatic heterocycles. The minimum Gasteiger partial charge on any atom is -0.352 e. The summed E-state index contributed by atoms with van der Waals surface area (Å²) in [4.78, 5) is 15.9. The van der Waals surface area contributed by atoms with Gasteiger partial charge in [-0.3, -0.25) is 9.69 Å². The molecular formula is C12H24N4O. The van der Waals surface area contributed by atoms with Gasteiger partial charge < -0.3 is 15.5 Å². The van der Waals surface area contributed by atoms with Crippen molar-refractivity contribution in [3.05, 3.63) is 0 Å². The Morgan fingerprint density at radius 2 is 2.18 bits per heavy atom. The van der Waals surface area contributed by atoms with Gasteiger partial charge in [0.1, 0.15) is 0 Å². The van der Waals surface area contributed by atoms with Crippen LogP contribution in [0.4, 0.5) is 0 Å². The summed E-state index contributed by atoms with van der Waals surface area (Å²) in [7, 11) is 4.37. The molecule has 0 aromatic carbocycles. The van der Waals surface area contributed by atoms with E-state index in [1.54, 1.807) is 0 Å². The monoisotopic (exact) mass is 240 g/mol. The Kier molecular flexibility index (Phi) is 4.36. The molecule has 0 saturated carbocycles. The van der Waals surface area contributed by atoms with Crippen molar-refractivity contribution in [3.63, 3.8) is 0 Å². The highest BCUT2D eigenvalue weighted by molar-refractivity contribution is 5.78. The zero-order valence-electron chi connectivity index (χ0n) is 10.9. The second-order valence-corrected chi connectivity index (χ2v) is 5.36. The van der Waals surface area contributed by atoms with Crippen LogP contribution >= 0.6 is 0 Å². The Morgan fingerprint density at radius 3 is 2.88 bits per heavy atom. The molecule has 2 N–H and O–H groups in total. The maximum atomic E-state index is 11.1. The summed E-state index contributed by atoms with van der Waals surface area (Å²) in [5.74, 6) is 0.200. The summed E-state index contributed by atoms with van der Waals surface area (Å²) in [5.41, 5.74) is 0. The van der Waals surface area contributed by atoms with E-state index in [4.69, 9.17) is 0 Å². The smallest absolute Gasteiger partial charge is 0.220 e. The Morgan fingerprint density at radius 1 is 1.35 bits per heavy atom. The first-order valence-corrected chi connectivity index (χ1v) is 6.54. The van der Waals surface area contributed by atoms with Crippen LogP contribution in [-0.4, -0.2) is 74.6 Å². The van der Waals surface area contributed by atoms with Crippen molar-refractivity contribution in [3.8, 4) is 0 Å². The molecule has 0 aliphatic carbocycles. The van der Waals surface area contributed by atoms with Crippen LogP contribution in [0, 0.1) is 0 Å². The molecule has 2 rings (SSSR count). The minimum atomic E-state index is 0.200. The summed E-state index contributed by atoms with van der Waals surface area (Å²) < 4.78 is 0. The Bertz CT molecular complexity index is 271. The SMILES string of the molecule is CN1CCN(C)C(CNCC2CCC(=O)N2)C1. The van der Waals surface area contributed by atoms with Crippen molar-refractivity contribution in [2.75, 3.05) is 46.8 Å². The van der Waals surface area contributed by atoms with E-state index in [9.17, 15) is 4.79 Å². The zero-order valence-corrected chi connectivity index (χ0v) is 10.9. The molecule has 0 spiro atoms. The Balaban J connectivity index is 1.65. The molecule has 2 saturated heterocycles. The average molecular weight is 240 g/mol. The average Bonchev–Trinajstić information content (AvgIpc) is 2.69. The highest BCUT2D eigenvalue weighted by atomic mass is 16.1. The van der Waals surface area contributed by atoms with Crippen molar-refractivity contribution in [1.29, 1.82) is 0 Å². The fourth-order valence-corrected chi connectivity index (χ4v) is 2.58. The maximum Gasteiger partial charge on any atom is 0.220 e. The lowest BCUT2D eigenvalue weighted by Gasteiger charge is -2.38. The van der Waals surface area contributed by atoms with Crippen LogP contribution in [0.3, 0.4) is 0 Å². The number of hydrogen-bond donors (Lipinski definition) is 2. The number of amides is 1. The van der Waals surface area contributed by atoms with Gasteiger partial charge in [-0.05, 0) is 20.5 Å². The second kappa shape index (κ2) is 5.80. The third-order valence-corrected chi connectivity index (χ3v) is 3.84. The van der Waals surface area contributed by atoms with Crippen LogP contribution < -0.4 is 10.6 Å². The lowest BCUT2D eigenvalue weighted by atomic mass is 10.1. The molecule has 0 bridgehead atoms. The zero-order chi connectivity index (χ0) is 12.3. The van der Waals surface area contributed by atoms with Gasteiger partial charge in [-0.1, -0.05) is 0 Å². The number of likely N-dealkylation sites (N-methyl/N-ethyl adjacent to an activating group) is 2. The molecule has 2 aliphatic rings. The molecule has 1 amide bonds. The summed E-state index contributed by atoms with van der Waals surface area (Å²) >= 11 is 0. The van der Waals surface area contributed by atoms with E-state index in [2.05, 4.69) is 34.5 Å². The molecule has 5 heteroatoms. The molecule has 17 heavy (non-hydrogen) atoms. The molecule has 2 heterocycles. The predicted octanol–water partition coefficient (Wildman–Crippen LogP) is -0.900. The molecule has 0 aromatic heterocycles. The lowest BCUT2D eigenvalue weighted by molar-refractivity contribution is -0.119. The van der Waals surface area contributed by atoms with Gasteiger partial charge in [0.2, 0.25) is 5.91 Å². The lowest BCUT2D eigenvalue weighted by Crippen LogP contribution is -2.54. The predicted molar refractivity (Wildman–Crippen MR) is 67.9 cm³/mol. The van der Waals surface area contributed by atoms with Gasteiger partial charge in [0.15, 0.2) is 0 Å². The van der Waals surface area contributed by atoms with E-state index < -0.39 is 0 Å². The molecule has 2 fully saturated rings. The quantitative estimate of drug-likeness (QED) is 0.669. The molecule has 0 radical (unpaired) electrons. The van der Waals surface area contributed by atoms with Gasteiger partial charge in [-0.25, -0.2) is 0 Å². The van der Waals surface area contributed by atoms with Crippen LogP contribution in [0.15, 0.2) is 0 Å². The molecule has 5 nitrogen and oxygen atoms in total. The van der Waals surface area contributed by atoms with Crippen molar-refractivity contribution in [1.82, 2.24) is 20.4 Å². The Labute approximate surface area is 104 Å². The Hall–Kier alpha value is -0.650. The van der Waals surface area contributed by atoms with Gasteiger partial charge >= 0.3 is 0 Å². The molecule has 2 atom stereocenters. The second-order valence-electron chi connectivity index (χ2n) is 5.36. The fourth-order valence-electron chi connectivity index (χ4n) is 2.58. The van der Waals surface area contributed by atoms with Crippen molar-refractivity contribution < 1.29 is 4.79 Å². The number of nitrogens with one attached hydrogen (secondary N) is 2. The van der Waals surface area contributed by atoms with E-state index in [0.29, 0.717) is 18.5 Å². The summed E-state index contributed by atoms with van der Waals surface area (Å²) in [6, 6.07) is 0.931. The number of piperazine rings is 1. The molecule has 98 valence electrons. The summed E-state index contributed by atoms with van der Waals surface area (Å²) in [5, 5.41) is 6.47. The number of nitrogens with zero attached hydrogens (tertiary/aromatic N) is 2. The summed E-state index contributed by atoms with van der Waals surface area (Å²) in [6.07, 6.45) is 1.67. The number of carbonyl (C=O) groups excluding carboxylic acids is 1. The summed E-state index contributed by atoms with van der Waals surface area (Å²) in [6.45, 7) is 5.34. The molecule has 0 aromatic rings. The van der Waals surface area contributed by atoms with Crippen LogP contribution in [0.25, 0.3) is 0 Å². The highest BCUT2D eigenvalue weighted by Gasteiger charge is 2.23. The van der Waals surface area contributed by atoms with Crippen LogP contribution in [0.1, 0.15) is 12.8 Å². The molecule has 2 unspecified atom stereocenters. The third kappa shape index (κ3) is 3.66. The first-order chi connectivity index (χ1) is 8.15. The largest absolute Gasteiger partial charge is 0.352 e. The van der Waals surface area contributed by atoms with Gasteiger partial charge in [0.05, 0.1) is 0 Å². The maximum absolute atomic E-state index is 11.1. The van der Waals surface area contributed by atoms with Crippen LogP contribution in [-0.2, 0) is 4.79 Å². The van der Waals surface area contributed by atoms with Gasteiger partial charge in [-0.2, -0.15) is 0 Å². The number of rotatable bonds is 4. The first-order valence-electron chi connectivity index (χ1n) is 6.54. The van der Waals surface area contributed by atoms with Crippen LogP contribution in [0.2, 0.25) is 0 Å². The van der Waals surface area contributed by atoms with Gasteiger partial charge in [-0.15, -0.1) is 0 Å². The highest BCUT2D eigenvalue weighted by Crippen LogP contribution is 2.07. The third-order valence-electron chi connectivity index (χ3n) is 3.84. The van der Waals surface area contributed by atoms with Crippen molar-refractivity contribution >= 4 is 5.91 Å². The van der Waals surface area contributed by atoms with E-state index in [-0.39, 0.29) is 5.91 Å². The molecular weight excluding hydrogens is 216 g/mol. The van der Waals surface area contributed by atoms with Crippen molar-refractivity contribution in [2.45, 2.75) is 24.9 Å². The van der Waals surface area contributed by atoms with Gasteiger partial charge in [0.25, 0.3) is 0 Å². The fraction of sp³-hybridized carbons (Fsp3) is 0.917. The van der Waals surface area contributed by atoms with Crippen LogP contribution in [0.5, 0.6) is 0 Å². The van der Waals surface area contributed by atoms with E-state index in [1.807, 2.05) is 0 Å². The topological polar surface area (TPSA) is 47.6 Å². The number of carbonyl (C=O) groups is 1. The van der Waals surface area contributed by atoms with Gasteiger partial charge in [0, 0.05) is 51.2 Å². The minimum absolute atomic E-state index is 0.200. The van der Waals surface area contributed by atoms with E-state index in [0.717, 1.165) is 39.1 Å². The van der Waals surface area contributed by atoms with Crippen molar-refractivity contribution in [2.24, 2.45) is 0 Å². The van der Waals surface area contributed by atoms with E-state index in [1.165, 1.54) is 0 Å². The van der Waals surface area contributed by atoms with E-state index >= 15 is 0 Å². The number of hydrogen-bond acceptors (Lipinski definition) is 4. The normalized spacial score (nSPS) is 31.8. The first kappa shape index (κ1) is 12.8. The standard InChI is InChI=1S/C12H24N4O/c1-15-5-6-16(2)11(9-15)8-13-7-10-3-4-12(17)14-10/h10-11,13H,3-9H2,1-2H3,(H,14,17).